The molecule has 0 saturated heterocycles. The molecule has 0 heterocycles. The van der Waals surface area contributed by atoms with Crippen molar-refractivity contribution >= 4 is 27.5 Å². The highest BCUT2D eigenvalue weighted by Crippen LogP contribution is 1.62. The predicted octanol–water partition coefficient (Wildman–Crippen LogP) is 0.659. The molecule has 0 aromatic heterocycles. The molecule has 2 N–H and O–H groups in total. The Hall–Kier alpha value is -1.48. The fourth-order valence-corrected chi connectivity index (χ4v) is 0. The van der Waals surface area contributed by atoms with E-state index in [4.69, 9.17) is 0 Å². The van der Waals surface area contributed by atoms with E-state index in [0.717, 1.165) is 12.5 Å². The lowest BCUT2D eigenvalue weighted by atomic mass is 10.6. The standard InChI is InChI=1S/C3H7NO.C3H6O2.C3H6O.C2H7N.C2H6O2S.CH4/c1-3(5)4-2;1-3(4)5-2;1-3(2)4;1-3-2;1-5(2,3)4;/h1-2H3,(H,4,5);1-2H3;1-2H3;3H,1-2H3;1-2H3;1H4. The Balaban J connectivity index is -0.0000000393. The second-order valence-electron chi connectivity index (χ2n) is 4.05. The lowest BCUT2D eigenvalue weighted by Gasteiger charge is -1.80. The van der Waals surface area contributed by atoms with Crippen molar-refractivity contribution < 1.29 is 27.5 Å². The zero-order valence-electron chi connectivity index (χ0n) is 15.4. The molecule has 0 radical (unpaired) electrons. The van der Waals surface area contributed by atoms with Gasteiger partial charge >= 0.3 is 5.97 Å². The summed E-state index contributed by atoms with van der Waals surface area (Å²) in [6, 6.07) is 0. The van der Waals surface area contributed by atoms with Crippen molar-refractivity contribution in [3.8, 4) is 0 Å². The first-order valence-electron chi connectivity index (χ1n) is 6.12. The number of rotatable bonds is 0. The summed E-state index contributed by atoms with van der Waals surface area (Å²) in [6.45, 7) is 5.89. The van der Waals surface area contributed by atoms with E-state index in [-0.39, 0.29) is 25.1 Å². The summed E-state index contributed by atoms with van der Waals surface area (Å²) >= 11 is 0. The number of ether oxygens (including phenoxy) is 1. The molecule has 0 fully saturated rings. The summed E-state index contributed by atoms with van der Waals surface area (Å²) in [5, 5.41) is 5.14. The molecule has 0 aliphatic heterocycles. The van der Waals surface area contributed by atoms with Crippen molar-refractivity contribution in [3.05, 3.63) is 0 Å². The lowest BCUT2D eigenvalue weighted by Crippen LogP contribution is -2.11. The molecule has 8 nitrogen and oxygen atoms in total. The molecule has 0 saturated carbocycles. The van der Waals surface area contributed by atoms with Crippen LogP contribution < -0.4 is 10.6 Å². The summed E-state index contributed by atoms with van der Waals surface area (Å²) < 4.78 is 23.4. The van der Waals surface area contributed by atoms with Gasteiger partial charge in [-0.15, -0.1) is 0 Å². The Bertz CT molecular complexity index is 341. The number of hydrogen-bond donors (Lipinski definition) is 2. The maximum Gasteiger partial charge on any atom is 0.302 e. The van der Waals surface area contributed by atoms with Gasteiger partial charge in [0.2, 0.25) is 5.91 Å². The fraction of sp³-hybridized carbons (Fsp3) is 0.786. The van der Waals surface area contributed by atoms with Crippen molar-refractivity contribution in [1.82, 2.24) is 10.6 Å². The van der Waals surface area contributed by atoms with Crippen molar-refractivity contribution in [2.45, 2.75) is 35.1 Å². The van der Waals surface area contributed by atoms with Crippen LogP contribution in [0.3, 0.4) is 0 Å². The van der Waals surface area contributed by atoms with Crippen LogP contribution in [-0.2, 0) is 29.0 Å². The molecule has 0 rings (SSSR count). The zero-order chi connectivity index (χ0) is 19.4. The molecule has 23 heavy (non-hydrogen) atoms. The van der Waals surface area contributed by atoms with Crippen LogP contribution in [0.2, 0.25) is 0 Å². The first-order valence-corrected chi connectivity index (χ1v) is 8.42. The Labute approximate surface area is 142 Å². The Kier molecular flexibility index (Phi) is 46.9. The molecule has 0 bridgehead atoms. The van der Waals surface area contributed by atoms with Crippen LogP contribution in [0.4, 0.5) is 0 Å². The molecule has 1 amide bonds. The van der Waals surface area contributed by atoms with Crippen LogP contribution in [0.15, 0.2) is 0 Å². The van der Waals surface area contributed by atoms with Crippen LogP contribution in [0.1, 0.15) is 35.1 Å². The third kappa shape index (κ3) is 1110. The predicted molar refractivity (Wildman–Crippen MR) is 96.3 cm³/mol. The molecule has 0 aliphatic carbocycles. The number of amides is 1. The molecular weight excluding hydrogens is 324 g/mol. The second-order valence-corrected chi connectivity index (χ2v) is 6.34. The summed E-state index contributed by atoms with van der Waals surface area (Å²) in [6.07, 6.45) is 2.32. The molecule has 0 spiro atoms. The van der Waals surface area contributed by atoms with E-state index in [1.54, 1.807) is 7.05 Å². The minimum absolute atomic E-state index is 0. The van der Waals surface area contributed by atoms with Gasteiger partial charge in [-0.1, -0.05) is 7.43 Å². The number of methoxy groups -OCH3 is 1. The smallest absolute Gasteiger partial charge is 0.302 e. The number of carbonyl (C=O) groups excluding carboxylic acids is 3. The highest BCUT2D eigenvalue weighted by Gasteiger charge is 1.79. The van der Waals surface area contributed by atoms with Gasteiger partial charge in [-0.3, -0.25) is 9.59 Å². The van der Waals surface area contributed by atoms with E-state index in [0.29, 0.717) is 0 Å². The molecule has 0 atom stereocenters. The number of ketones is 1. The van der Waals surface area contributed by atoms with E-state index in [2.05, 4.69) is 15.4 Å². The average molecular weight is 361 g/mol. The van der Waals surface area contributed by atoms with E-state index in [1.165, 1.54) is 34.8 Å². The minimum Gasteiger partial charge on any atom is -0.469 e. The Morgan fingerprint density at radius 1 is 0.870 bits per heavy atom. The van der Waals surface area contributed by atoms with Gasteiger partial charge in [0.1, 0.15) is 15.6 Å². The topological polar surface area (TPSA) is 119 Å². The van der Waals surface area contributed by atoms with Crippen LogP contribution >= 0.6 is 0 Å². The molecule has 0 aromatic rings. The normalized spacial score (nSPS) is 7.39. The van der Waals surface area contributed by atoms with E-state index in [1.807, 2.05) is 14.1 Å². The third-order valence-electron chi connectivity index (χ3n) is 0.640. The molecule has 9 heteroatoms. The van der Waals surface area contributed by atoms with E-state index < -0.39 is 9.84 Å². The van der Waals surface area contributed by atoms with Gasteiger partial charge in [0, 0.05) is 33.4 Å². The molecule has 0 aliphatic rings. The molecular formula is C14H36N2O6S. The quantitative estimate of drug-likeness (QED) is 0.609. The Morgan fingerprint density at radius 3 is 0.957 bits per heavy atom. The van der Waals surface area contributed by atoms with Gasteiger partial charge in [-0.2, -0.15) is 0 Å². The maximum atomic E-state index is 9.70. The lowest BCUT2D eigenvalue weighted by molar-refractivity contribution is -0.138. The minimum atomic E-state index is -2.67. The second kappa shape index (κ2) is 28.6. The summed E-state index contributed by atoms with van der Waals surface area (Å²) in [7, 11) is 4.03. The number of nitrogens with one attached hydrogen (secondary N) is 2. The molecule has 144 valence electrons. The van der Waals surface area contributed by atoms with Gasteiger partial charge in [0.25, 0.3) is 0 Å². The summed E-state index contributed by atoms with van der Waals surface area (Å²) in [4.78, 5) is 28.7. The number of esters is 1. The largest absolute Gasteiger partial charge is 0.469 e. The molecule has 0 unspecified atom stereocenters. The van der Waals surface area contributed by atoms with Gasteiger partial charge < -0.3 is 20.2 Å². The van der Waals surface area contributed by atoms with Crippen LogP contribution in [0.25, 0.3) is 0 Å². The number of carbonyl (C=O) groups is 3. The van der Waals surface area contributed by atoms with Crippen LogP contribution in [0, 0.1) is 0 Å². The number of Topliss-reactive ketones (excluding diaryl/α,β-unsaturated/α-hetero) is 1. The van der Waals surface area contributed by atoms with Crippen molar-refractivity contribution in [3.63, 3.8) is 0 Å². The van der Waals surface area contributed by atoms with E-state index >= 15 is 0 Å². The summed E-state index contributed by atoms with van der Waals surface area (Å²) in [5.74, 6) is -0.0741. The fourth-order valence-electron chi connectivity index (χ4n) is 0. The first kappa shape index (κ1) is 37.6. The number of hydrogen-bond acceptors (Lipinski definition) is 7. The molecule has 0 aromatic carbocycles. The maximum absolute atomic E-state index is 9.70. The van der Waals surface area contributed by atoms with Crippen LogP contribution in [-0.4, -0.2) is 66.8 Å². The zero-order valence-corrected chi connectivity index (χ0v) is 16.2. The average Bonchev–Trinajstić information content (AvgIpc) is 2.27. The van der Waals surface area contributed by atoms with Crippen molar-refractivity contribution in [1.29, 1.82) is 0 Å². The highest BCUT2D eigenvalue weighted by molar-refractivity contribution is 7.89. The monoisotopic (exact) mass is 360 g/mol. The highest BCUT2D eigenvalue weighted by atomic mass is 32.2. The Morgan fingerprint density at radius 2 is 0.957 bits per heavy atom. The van der Waals surface area contributed by atoms with E-state index in [9.17, 15) is 22.8 Å². The number of sulfone groups is 1. The summed E-state index contributed by atoms with van der Waals surface area (Å²) in [5.41, 5.74) is 0. The van der Waals surface area contributed by atoms with Gasteiger partial charge in [-0.25, -0.2) is 8.42 Å². The SMILES string of the molecule is C.CC(C)=O.CNC.CNC(C)=O.COC(C)=O.CS(C)(=O)=O. The van der Waals surface area contributed by atoms with Gasteiger partial charge in [0.15, 0.2) is 0 Å². The first-order chi connectivity index (χ1) is 9.69. The third-order valence-corrected chi connectivity index (χ3v) is 0.640. The van der Waals surface area contributed by atoms with Crippen molar-refractivity contribution in [2.75, 3.05) is 40.8 Å². The van der Waals surface area contributed by atoms with Crippen LogP contribution in [0.5, 0.6) is 0 Å². The van der Waals surface area contributed by atoms with Gasteiger partial charge in [-0.05, 0) is 27.9 Å². The van der Waals surface area contributed by atoms with Gasteiger partial charge in [0.05, 0.1) is 7.11 Å². The van der Waals surface area contributed by atoms with Crippen molar-refractivity contribution in [2.24, 2.45) is 0 Å².